The molecule has 6 amide bonds. The minimum atomic E-state index is -2.13. The number of piperidine rings is 2. The Labute approximate surface area is 355 Å². The summed E-state index contributed by atoms with van der Waals surface area (Å²) in [7, 11) is 1.83. The number of aromatic nitrogens is 4. The molecule has 2 fully saturated rings. The van der Waals surface area contributed by atoms with Crippen LogP contribution in [0.4, 0.5) is 33.2 Å². The lowest BCUT2D eigenvalue weighted by molar-refractivity contribution is -0.151. The van der Waals surface area contributed by atoms with Crippen LogP contribution in [0.15, 0.2) is 60.8 Å². The van der Waals surface area contributed by atoms with Gasteiger partial charge in [-0.15, -0.1) is 0 Å². The second kappa shape index (κ2) is 15.7. The van der Waals surface area contributed by atoms with E-state index in [2.05, 4.69) is 31.3 Å². The predicted octanol–water partition coefficient (Wildman–Crippen LogP) is 4.20. The average molecular weight is 842 g/mol. The van der Waals surface area contributed by atoms with Gasteiger partial charge >= 0.3 is 0 Å². The molecule has 2 aromatic heterocycles. The number of likely N-dealkylation sites (tertiary alicyclic amines) is 1. The van der Waals surface area contributed by atoms with Gasteiger partial charge in [-0.25, -0.2) is 14.1 Å². The number of hydrogen-bond acceptors (Lipinski definition) is 12. The summed E-state index contributed by atoms with van der Waals surface area (Å²) in [6, 6.07) is 15.3. The summed E-state index contributed by atoms with van der Waals surface area (Å²) in [5.41, 5.74) is 4.97. The van der Waals surface area contributed by atoms with Gasteiger partial charge in [-0.1, -0.05) is 24.3 Å². The van der Waals surface area contributed by atoms with Crippen LogP contribution >= 0.6 is 0 Å². The van der Waals surface area contributed by atoms with E-state index in [-0.39, 0.29) is 68.9 Å². The number of nitrogens with zero attached hydrogens (tertiary/aromatic N) is 7. The number of benzene rings is 3. The zero-order valence-electron chi connectivity index (χ0n) is 34.4. The molecule has 0 bridgehead atoms. The number of amides is 6. The maximum Gasteiger partial charge on any atom is 0.262 e. The Morgan fingerprint density at radius 1 is 0.871 bits per heavy atom. The zero-order valence-corrected chi connectivity index (χ0v) is 34.4. The highest BCUT2D eigenvalue weighted by atomic mass is 19.1. The number of carbonyl (C=O) groups excluding carboxylic acids is 6. The van der Waals surface area contributed by atoms with E-state index in [1.807, 2.05) is 57.3 Å². The highest BCUT2D eigenvalue weighted by Crippen LogP contribution is 2.34. The standard InChI is InChI=1S/C44H44FN11O6/c1-24-5-4-6-25(2)36(24)50-37-32-21-47-43(51-38(32)53(3)52-37)48-29-8-7-26-13-16-55(23-27(26)19-29)42(62)44(45)14-17-54(18-15-44)35(58)22-46-28-9-10-30-31(20-28)41(61)56(40(30)60)33-11-12-34(57)49-39(33)59/h4-10,19-21,33,46H,11-18,22-23H2,1-3H3,(H,50,52)(H,47,48,51)(H,49,57,59). The van der Waals surface area contributed by atoms with Gasteiger partial charge < -0.3 is 25.8 Å². The van der Waals surface area contributed by atoms with Crippen LogP contribution in [-0.2, 0) is 39.2 Å². The Balaban J connectivity index is 0.789. The van der Waals surface area contributed by atoms with Gasteiger partial charge in [-0.3, -0.25) is 39.0 Å². The highest BCUT2D eigenvalue weighted by molar-refractivity contribution is 6.23. The van der Waals surface area contributed by atoms with Gasteiger partial charge in [0.25, 0.3) is 17.7 Å². The Morgan fingerprint density at radius 3 is 2.37 bits per heavy atom. The van der Waals surface area contributed by atoms with Crippen LogP contribution in [0.3, 0.4) is 0 Å². The van der Waals surface area contributed by atoms with Crippen LogP contribution < -0.4 is 21.3 Å². The van der Waals surface area contributed by atoms with Crippen molar-refractivity contribution in [2.45, 2.75) is 64.2 Å². The van der Waals surface area contributed by atoms with Gasteiger partial charge in [0.1, 0.15) is 6.04 Å². The normalized spacial score (nSPS) is 18.4. The molecule has 9 rings (SSSR count). The topological polar surface area (TPSA) is 204 Å². The summed E-state index contributed by atoms with van der Waals surface area (Å²) < 4.78 is 18.1. The van der Waals surface area contributed by atoms with Crippen molar-refractivity contribution in [1.82, 2.24) is 39.8 Å². The molecule has 0 aliphatic carbocycles. The maximum absolute atomic E-state index is 16.4. The largest absolute Gasteiger partial charge is 0.376 e. The Kier molecular flexibility index (Phi) is 10.1. The molecule has 4 aliphatic heterocycles. The minimum absolute atomic E-state index is 0.0112. The van der Waals surface area contributed by atoms with E-state index in [0.29, 0.717) is 36.1 Å². The first-order chi connectivity index (χ1) is 29.8. The molecule has 0 spiro atoms. The van der Waals surface area contributed by atoms with Gasteiger partial charge in [0.2, 0.25) is 23.7 Å². The van der Waals surface area contributed by atoms with E-state index in [4.69, 9.17) is 4.98 Å². The van der Waals surface area contributed by atoms with Crippen molar-refractivity contribution in [3.05, 3.63) is 94.2 Å². The first-order valence-corrected chi connectivity index (χ1v) is 20.5. The highest BCUT2D eigenvalue weighted by Gasteiger charge is 2.46. The van der Waals surface area contributed by atoms with Crippen LogP contribution in [0.5, 0.6) is 0 Å². The smallest absolute Gasteiger partial charge is 0.262 e. The Bertz CT molecular complexity index is 2710. The number of rotatable bonds is 9. The van der Waals surface area contributed by atoms with Crippen LogP contribution in [0.1, 0.15) is 68.7 Å². The summed E-state index contributed by atoms with van der Waals surface area (Å²) in [6.45, 7) is 4.60. The number of aryl methyl sites for hydroxylation is 3. The third kappa shape index (κ3) is 7.34. The lowest BCUT2D eigenvalue weighted by atomic mass is 9.90. The van der Waals surface area contributed by atoms with Crippen LogP contribution in [-0.4, -0.2) is 108 Å². The maximum atomic E-state index is 16.4. The van der Waals surface area contributed by atoms with Gasteiger partial charge in [0, 0.05) is 75.7 Å². The van der Waals surface area contributed by atoms with E-state index in [1.165, 1.54) is 17.0 Å². The summed E-state index contributed by atoms with van der Waals surface area (Å²) in [5.74, 6) is -2.33. The Morgan fingerprint density at radius 2 is 1.61 bits per heavy atom. The average Bonchev–Trinajstić information content (AvgIpc) is 3.70. The van der Waals surface area contributed by atoms with Crippen LogP contribution in [0.2, 0.25) is 0 Å². The third-order valence-corrected chi connectivity index (χ3v) is 12.2. The molecule has 6 heterocycles. The molecule has 18 heteroatoms. The fraction of sp³-hybridized carbons (Fsp3) is 0.341. The number of nitrogens with one attached hydrogen (secondary N) is 4. The summed E-state index contributed by atoms with van der Waals surface area (Å²) in [5, 5.41) is 17.3. The van der Waals surface area contributed by atoms with Gasteiger partial charge in [-0.05, 0) is 79.3 Å². The molecule has 2 saturated heterocycles. The quantitative estimate of drug-likeness (QED) is 0.154. The molecule has 17 nitrogen and oxygen atoms in total. The van der Waals surface area contributed by atoms with Crippen LogP contribution in [0, 0.1) is 13.8 Å². The lowest BCUT2D eigenvalue weighted by Crippen LogP contribution is -2.54. The van der Waals surface area contributed by atoms with Crippen molar-refractivity contribution in [2.24, 2.45) is 7.05 Å². The number of hydrogen-bond donors (Lipinski definition) is 4. The van der Waals surface area contributed by atoms with E-state index < -0.39 is 41.2 Å². The summed E-state index contributed by atoms with van der Waals surface area (Å²) in [4.78, 5) is 90.4. The molecule has 1 unspecified atom stereocenters. The number of halogens is 1. The predicted molar refractivity (Wildman–Crippen MR) is 226 cm³/mol. The minimum Gasteiger partial charge on any atom is -0.376 e. The molecule has 4 aliphatic rings. The van der Waals surface area contributed by atoms with Crippen LogP contribution in [0.25, 0.3) is 11.0 Å². The van der Waals surface area contributed by atoms with E-state index in [1.54, 1.807) is 21.8 Å². The third-order valence-electron chi connectivity index (χ3n) is 12.2. The lowest BCUT2D eigenvalue weighted by Gasteiger charge is -2.39. The van der Waals surface area contributed by atoms with Gasteiger partial charge in [0.05, 0.1) is 23.1 Å². The molecule has 3 aromatic carbocycles. The number of anilines is 5. The zero-order chi connectivity index (χ0) is 43.4. The van der Waals surface area contributed by atoms with Crippen molar-refractivity contribution >= 4 is 75.3 Å². The van der Waals surface area contributed by atoms with Crippen molar-refractivity contribution < 1.29 is 33.2 Å². The second-order valence-electron chi connectivity index (χ2n) is 16.3. The number of fused-ring (bicyclic) bond motifs is 3. The molecule has 0 saturated carbocycles. The van der Waals surface area contributed by atoms with E-state index >= 15 is 4.39 Å². The summed E-state index contributed by atoms with van der Waals surface area (Å²) >= 11 is 0. The number of para-hydroxylation sites is 1. The number of carbonyl (C=O) groups is 6. The molecule has 318 valence electrons. The Hall–Kier alpha value is -7.24. The molecule has 0 radical (unpaired) electrons. The van der Waals surface area contributed by atoms with Crippen molar-refractivity contribution in [1.29, 1.82) is 0 Å². The van der Waals surface area contributed by atoms with Crippen molar-refractivity contribution in [2.75, 3.05) is 42.1 Å². The first-order valence-electron chi connectivity index (χ1n) is 20.5. The first kappa shape index (κ1) is 40.2. The van der Waals surface area contributed by atoms with E-state index in [0.717, 1.165) is 43.9 Å². The SMILES string of the molecule is Cc1cccc(C)c1Nc1nn(C)c2nc(Nc3ccc4c(c3)CN(C(=O)C3(F)CCN(C(=O)CNc5ccc6c(c5)C(=O)N(C5CCC(=O)NC5=O)C6=O)CC3)CC4)ncc12. The number of imide groups is 2. The van der Waals surface area contributed by atoms with Gasteiger partial charge in [0.15, 0.2) is 17.1 Å². The fourth-order valence-corrected chi connectivity index (χ4v) is 8.74. The molecule has 4 N–H and O–H groups in total. The molecule has 62 heavy (non-hydrogen) atoms. The second-order valence-corrected chi connectivity index (χ2v) is 16.3. The van der Waals surface area contributed by atoms with Crippen molar-refractivity contribution in [3.8, 4) is 0 Å². The number of alkyl halides is 1. The molecule has 1 atom stereocenters. The summed E-state index contributed by atoms with van der Waals surface area (Å²) in [6.07, 6.45) is 2.05. The monoisotopic (exact) mass is 841 g/mol. The van der Waals surface area contributed by atoms with Crippen molar-refractivity contribution in [3.63, 3.8) is 0 Å². The van der Waals surface area contributed by atoms with Gasteiger partial charge in [-0.2, -0.15) is 10.1 Å². The molecular weight excluding hydrogens is 798 g/mol. The fourth-order valence-electron chi connectivity index (χ4n) is 8.74. The van der Waals surface area contributed by atoms with E-state index in [9.17, 15) is 28.8 Å². The molecular formula is C44H44FN11O6. The molecule has 5 aromatic rings.